The van der Waals surface area contributed by atoms with Crippen LogP contribution in [0.2, 0.25) is 0 Å². The molecule has 0 aliphatic rings. The van der Waals surface area contributed by atoms with Crippen molar-refractivity contribution in [2.24, 2.45) is 0 Å². The van der Waals surface area contributed by atoms with Gasteiger partial charge in [-0.25, -0.2) is 4.39 Å². The fourth-order valence-electron chi connectivity index (χ4n) is 2.39. The summed E-state index contributed by atoms with van der Waals surface area (Å²) in [5, 5.41) is 3.56. The van der Waals surface area contributed by atoms with Crippen LogP contribution in [0.4, 0.5) is 10.1 Å². The van der Waals surface area contributed by atoms with Gasteiger partial charge < -0.3 is 10.2 Å². The van der Waals surface area contributed by atoms with Crippen molar-refractivity contribution in [1.82, 2.24) is 5.32 Å². The zero-order valence-electron chi connectivity index (χ0n) is 13.2. The highest BCUT2D eigenvalue weighted by molar-refractivity contribution is 5.46. The Bertz CT molecular complexity index is 368. The molecule has 20 heavy (non-hydrogen) atoms. The molecule has 0 aromatic heterocycles. The second-order valence-corrected chi connectivity index (χ2v) is 5.41. The summed E-state index contributed by atoms with van der Waals surface area (Å²) in [6.45, 7) is 9.34. The summed E-state index contributed by atoms with van der Waals surface area (Å²) in [4.78, 5) is 2.20. The molecule has 1 N–H and O–H groups in total. The van der Waals surface area contributed by atoms with E-state index in [1.165, 1.54) is 31.7 Å². The molecular weight excluding hydrogens is 251 g/mol. The first-order chi connectivity index (χ1) is 9.67. The van der Waals surface area contributed by atoms with Crippen LogP contribution in [-0.4, -0.2) is 25.7 Å². The maximum absolute atomic E-state index is 13.2. The molecule has 0 aliphatic carbocycles. The lowest BCUT2D eigenvalue weighted by Crippen LogP contribution is -2.36. The molecule has 114 valence electrons. The molecule has 0 saturated heterocycles. The van der Waals surface area contributed by atoms with E-state index in [4.69, 9.17) is 0 Å². The van der Waals surface area contributed by atoms with Crippen molar-refractivity contribution >= 4 is 5.69 Å². The monoisotopic (exact) mass is 280 g/mol. The molecule has 0 radical (unpaired) electrons. The van der Waals surface area contributed by atoms with Gasteiger partial charge in [0.2, 0.25) is 0 Å². The normalized spacial score (nSPS) is 12.4. The van der Waals surface area contributed by atoms with Crippen LogP contribution in [0.1, 0.15) is 46.5 Å². The van der Waals surface area contributed by atoms with Crippen LogP contribution in [0.25, 0.3) is 0 Å². The number of anilines is 1. The third-order valence-electron chi connectivity index (χ3n) is 3.67. The standard InChI is InChI=1S/C17H29FN2/c1-4-6-7-9-15(3)19-12-13-20(5-2)17-11-8-10-16(18)14-17/h8,10-11,14-15,19H,4-7,9,12-13H2,1-3H3. The first-order valence-electron chi connectivity index (χ1n) is 7.91. The summed E-state index contributed by atoms with van der Waals surface area (Å²) in [7, 11) is 0. The zero-order valence-corrected chi connectivity index (χ0v) is 13.2. The van der Waals surface area contributed by atoms with Crippen LogP contribution in [0, 0.1) is 5.82 Å². The van der Waals surface area contributed by atoms with Gasteiger partial charge in [0, 0.05) is 31.4 Å². The van der Waals surface area contributed by atoms with Crippen molar-refractivity contribution in [2.45, 2.75) is 52.5 Å². The number of nitrogens with zero attached hydrogens (tertiary/aromatic N) is 1. The van der Waals surface area contributed by atoms with Gasteiger partial charge in [-0.1, -0.05) is 32.3 Å². The Balaban J connectivity index is 2.31. The van der Waals surface area contributed by atoms with E-state index in [0.29, 0.717) is 6.04 Å². The lowest BCUT2D eigenvalue weighted by molar-refractivity contribution is 0.489. The zero-order chi connectivity index (χ0) is 14.8. The fourth-order valence-corrected chi connectivity index (χ4v) is 2.39. The van der Waals surface area contributed by atoms with Crippen LogP contribution in [0.3, 0.4) is 0 Å². The summed E-state index contributed by atoms with van der Waals surface area (Å²) < 4.78 is 13.2. The minimum absolute atomic E-state index is 0.165. The van der Waals surface area contributed by atoms with Crippen LogP contribution in [0.15, 0.2) is 24.3 Å². The molecule has 3 heteroatoms. The fraction of sp³-hybridized carbons (Fsp3) is 0.647. The molecule has 0 amide bonds. The second-order valence-electron chi connectivity index (χ2n) is 5.41. The topological polar surface area (TPSA) is 15.3 Å². The van der Waals surface area contributed by atoms with Crippen LogP contribution in [0.5, 0.6) is 0 Å². The van der Waals surface area contributed by atoms with E-state index < -0.39 is 0 Å². The number of unbranched alkanes of at least 4 members (excludes halogenated alkanes) is 2. The minimum atomic E-state index is -0.165. The van der Waals surface area contributed by atoms with Crippen molar-refractivity contribution in [3.63, 3.8) is 0 Å². The Morgan fingerprint density at radius 1 is 1.25 bits per heavy atom. The SMILES string of the molecule is CCCCCC(C)NCCN(CC)c1cccc(F)c1. The summed E-state index contributed by atoms with van der Waals surface area (Å²) in [6, 6.07) is 7.40. The predicted octanol–water partition coefficient (Wildman–Crippen LogP) is 4.21. The van der Waals surface area contributed by atoms with Gasteiger partial charge in [0.15, 0.2) is 0 Å². The molecule has 1 unspecified atom stereocenters. The molecule has 0 heterocycles. The van der Waals surface area contributed by atoms with E-state index in [1.807, 2.05) is 6.07 Å². The smallest absolute Gasteiger partial charge is 0.125 e. The average Bonchev–Trinajstić information content (AvgIpc) is 2.44. The largest absolute Gasteiger partial charge is 0.370 e. The number of benzene rings is 1. The molecule has 0 spiro atoms. The number of nitrogens with one attached hydrogen (secondary N) is 1. The number of likely N-dealkylation sites (N-methyl/N-ethyl adjacent to an activating group) is 1. The first-order valence-corrected chi connectivity index (χ1v) is 7.91. The highest BCUT2D eigenvalue weighted by atomic mass is 19.1. The van der Waals surface area contributed by atoms with Crippen LogP contribution in [-0.2, 0) is 0 Å². The predicted molar refractivity (Wildman–Crippen MR) is 85.9 cm³/mol. The third kappa shape index (κ3) is 6.38. The molecule has 2 nitrogen and oxygen atoms in total. The van der Waals surface area contributed by atoms with Gasteiger partial charge >= 0.3 is 0 Å². The molecule has 1 rings (SSSR count). The molecule has 1 atom stereocenters. The third-order valence-corrected chi connectivity index (χ3v) is 3.67. The second kappa shape index (κ2) is 9.76. The molecule has 0 aliphatic heterocycles. The van der Waals surface area contributed by atoms with Gasteiger partial charge in [-0.2, -0.15) is 0 Å². The van der Waals surface area contributed by atoms with E-state index in [2.05, 4.69) is 31.0 Å². The van der Waals surface area contributed by atoms with Crippen LogP contribution < -0.4 is 10.2 Å². The molecule has 0 bridgehead atoms. The molecule has 0 saturated carbocycles. The minimum Gasteiger partial charge on any atom is -0.370 e. The summed E-state index contributed by atoms with van der Waals surface area (Å²) in [5.74, 6) is -0.165. The van der Waals surface area contributed by atoms with Gasteiger partial charge in [0.25, 0.3) is 0 Å². The van der Waals surface area contributed by atoms with Crippen molar-refractivity contribution in [2.75, 3.05) is 24.5 Å². The number of halogens is 1. The van der Waals surface area contributed by atoms with E-state index in [-0.39, 0.29) is 5.82 Å². The Hall–Kier alpha value is -1.09. The Kier molecular flexibility index (Phi) is 8.28. The van der Waals surface area contributed by atoms with E-state index in [9.17, 15) is 4.39 Å². The summed E-state index contributed by atoms with van der Waals surface area (Å²) >= 11 is 0. The number of rotatable bonds is 10. The maximum Gasteiger partial charge on any atom is 0.125 e. The van der Waals surface area contributed by atoms with Gasteiger partial charge in [0.05, 0.1) is 0 Å². The lowest BCUT2D eigenvalue weighted by Gasteiger charge is -2.24. The van der Waals surface area contributed by atoms with Gasteiger partial charge in [-0.05, 0) is 38.5 Å². The Morgan fingerprint density at radius 3 is 2.70 bits per heavy atom. The number of hydrogen-bond donors (Lipinski definition) is 1. The van der Waals surface area contributed by atoms with E-state index in [1.54, 1.807) is 12.1 Å². The number of hydrogen-bond acceptors (Lipinski definition) is 2. The summed E-state index contributed by atoms with van der Waals surface area (Å²) in [5.41, 5.74) is 0.966. The van der Waals surface area contributed by atoms with Crippen LogP contribution >= 0.6 is 0 Å². The van der Waals surface area contributed by atoms with E-state index in [0.717, 1.165) is 25.3 Å². The van der Waals surface area contributed by atoms with Crippen molar-refractivity contribution < 1.29 is 4.39 Å². The van der Waals surface area contributed by atoms with Crippen molar-refractivity contribution in [3.8, 4) is 0 Å². The Labute approximate surface area is 123 Å². The molecule has 1 aromatic carbocycles. The average molecular weight is 280 g/mol. The van der Waals surface area contributed by atoms with E-state index >= 15 is 0 Å². The first kappa shape index (κ1) is 17.0. The maximum atomic E-state index is 13.2. The Morgan fingerprint density at radius 2 is 2.05 bits per heavy atom. The van der Waals surface area contributed by atoms with Gasteiger partial charge in [-0.3, -0.25) is 0 Å². The molecule has 0 fully saturated rings. The highest BCUT2D eigenvalue weighted by Crippen LogP contribution is 2.14. The van der Waals surface area contributed by atoms with Crippen molar-refractivity contribution in [1.29, 1.82) is 0 Å². The van der Waals surface area contributed by atoms with Crippen molar-refractivity contribution in [3.05, 3.63) is 30.1 Å². The van der Waals surface area contributed by atoms with Gasteiger partial charge in [0.1, 0.15) is 5.82 Å². The molecule has 1 aromatic rings. The summed E-state index contributed by atoms with van der Waals surface area (Å²) in [6.07, 6.45) is 5.12. The van der Waals surface area contributed by atoms with Gasteiger partial charge in [-0.15, -0.1) is 0 Å². The molecular formula is C17H29FN2. The lowest BCUT2D eigenvalue weighted by atomic mass is 10.1. The quantitative estimate of drug-likeness (QED) is 0.646. The highest BCUT2D eigenvalue weighted by Gasteiger charge is 2.06.